The first-order valence-electron chi connectivity index (χ1n) is 6.06. The van der Waals surface area contributed by atoms with E-state index in [1.165, 1.54) is 12.1 Å². The fraction of sp³-hybridized carbons (Fsp3) is 0.385. The average molecular weight is 265 g/mol. The van der Waals surface area contributed by atoms with Crippen LogP contribution < -0.4 is 16.2 Å². The number of rotatable bonds is 6. The van der Waals surface area contributed by atoms with E-state index < -0.39 is 12.0 Å². The normalized spacial score (nSPS) is 9.79. The summed E-state index contributed by atoms with van der Waals surface area (Å²) in [6.45, 7) is 1.98. The van der Waals surface area contributed by atoms with E-state index in [1.54, 1.807) is 6.07 Å². The zero-order valence-electron chi connectivity index (χ0n) is 11.2. The minimum absolute atomic E-state index is 0.102. The molecule has 0 fully saturated rings. The number of amides is 2. The number of carbonyl (C=O) groups excluding carboxylic acids is 2. The van der Waals surface area contributed by atoms with Crippen LogP contribution in [0.4, 0.5) is 10.5 Å². The number of anilines is 1. The quantitative estimate of drug-likeness (QED) is 0.598. The van der Waals surface area contributed by atoms with Crippen molar-refractivity contribution in [3.8, 4) is 0 Å². The monoisotopic (exact) mass is 265 g/mol. The molecule has 1 rings (SSSR count). The fourth-order valence-electron chi connectivity index (χ4n) is 1.69. The summed E-state index contributed by atoms with van der Waals surface area (Å²) in [6, 6.07) is 6.83. The van der Waals surface area contributed by atoms with Gasteiger partial charge in [-0.05, 0) is 24.1 Å². The van der Waals surface area contributed by atoms with Crippen LogP contribution in [0.2, 0.25) is 0 Å². The number of primary amides is 1. The number of methoxy groups -OCH3 is 1. The number of hydrogen-bond donors (Lipinski definition) is 2. The number of benzene rings is 1. The number of hydrogen-bond acceptors (Lipinski definition) is 4. The molecule has 0 unspecified atom stereocenters. The van der Waals surface area contributed by atoms with Gasteiger partial charge in [-0.1, -0.05) is 25.5 Å². The van der Waals surface area contributed by atoms with Gasteiger partial charge < -0.3 is 10.5 Å². The molecule has 6 nitrogen and oxygen atoms in total. The molecule has 1 aromatic carbocycles. The van der Waals surface area contributed by atoms with Gasteiger partial charge in [-0.2, -0.15) is 0 Å². The van der Waals surface area contributed by atoms with Crippen molar-refractivity contribution in [3.05, 3.63) is 29.8 Å². The first kappa shape index (κ1) is 14.8. The van der Waals surface area contributed by atoms with E-state index in [-0.39, 0.29) is 6.54 Å². The molecule has 1 aromatic rings. The van der Waals surface area contributed by atoms with Gasteiger partial charge in [0, 0.05) is 0 Å². The molecule has 0 saturated carbocycles. The number of carbonyl (C=O) groups is 2. The van der Waals surface area contributed by atoms with Crippen LogP contribution in [0.15, 0.2) is 24.3 Å². The number of nitrogens with zero attached hydrogens (tertiary/aromatic N) is 1. The Hall–Kier alpha value is -2.24. The van der Waals surface area contributed by atoms with Gasteiger partial charge >= 0.3 is 12.0 Å². The molecule has 0 atom stereocenters. The maximum Gasteiger partial charge on any atom is 0.330 e. The molecule has 0 spiro atoms. The minimum Gasteiger partial charge on any atom is -0.468 e. The van der Waals surface area contributed by atoms with Gasteiger partial charge in [-0.25, -0.2) is 10.2 Å². The van der Waals surface area contributed by atoms with Crippen LogP contribution in [-0.2, 0) is 16.0 Å². The predicted octanol–water partition coefficient (Wildman–Crippen LogP) is 1.20. The first-order chi connectivity index (χ1) is 9.06. The van der Waals surface area contributed by atoms with E-state index in [0.717, 1.165) is 18.4 Å². The number of nitrogens with one attached hydrogen (secondary N) is 1. The van der Waals surface area contributed by atoms with Gasteiger partial charge in [-0.3, -0.25) is 9.80 Å². The van der Waals surface area contributed by atoms with Crippen molar-refractivity contribution in [2.24, 2.45) is 5.73 Å². The van der Waals surface area contributed by atoms with Crippen LogP contribution in [0.3, 0.4) is 0 Å². The fourth-order valence-corrected chi connectivity index (χ4v) is 1.69. The third-order valence-electron chi connectivity index (χ3n) is 2.52. The van der Waals surface area contributed by atoms with Gasteiger partial charge in [0.15, 0.2) is 0 Å². The summed E-state index contributed by atoms with van der Waals surface area (Å²) in [5.74, 6) is -0.463. The van der Waals surface area contributed by atoms with Crippen molar-refractivity contribution < 1.29 is 14.3 Å². The van der Waals surface area contributed by atoms with E-state index >= 15 is 0 Å². The number of esters is 1. The average Bonchev–Trinajstić information content (AvgIpc) is 2.38. The summed E-state index contributed by atoms with van der Waals surface area (Å²) in [6.07, 6.45) is 1.94. The second-order valence-corrected chi connectivity index (χ2v) is 4.06. The van der Waals surface area contributed by atoms with Gasteiger partial charge in [0.25, 0.3) is 0 Å². The Labute approximate surface area is 112 Å². The highest BCUT2D eigenvalue weighted by Gasteiger charge is 2.13. The van der Waals surface area contributed by atoms with Crippen molar-refractivity contribution >= 4 is 17.7 Å². The predicted molar refractivity (Wildman–Crippen MR) is 72.5 cm³/mol. The van der Waals surface area contributed by atoms with Gasteiger partial charge in [0.05, 0.1) is 12.8 Å². The van der Waals surface area contributed by atoms with Crippen LogP contribution in [0, 0.1) is 0 Å². The SMILES string of the molecule is CCCc1cccc(N(CC(=O)OC)NC(N)=O)c1. The Morgan fingerprint density at radius 3 is 2.74 bits per heavy atom. The second kappa shape index (κ2) is 7.25. The Kier molecular flexibility index (Phi) is 5.66. The molecule has 0 saturated heterocycles. The van der Waals surface area contributed by atoms with Crippen LogP contribution in [0.5, 0.6) is 0 Å². The maximum atomic E-state index is 11.3. The van der Waals surface area contributed by atoms with E-state index in [9.17, 15) is 9.59 Å². The molecule has 0 radical (unpaired) electrons. The van der Waals surface area contributed by atoms with Crippen molar-refractivity contribution in [3.63, 3.8) is 0 Å². The van der Waals surface area contributed by atoms with Crippen molar-refractivity contribution in [2.45, 2.75) is 19.8 Å². The summed E-state index contributed by atoms with van der Waals surface area (Å²) in [4.78, 5) is 22.3. The first-order valence-corrected chi connectivity index (χ1v) is 6.06. The number of ether oxygens (including phenoxy) is 1. The lowest BCUT2D eigenvalue weighted by molar-refractivity contribution is -0.139. The van der Waals surface area contributed by atoms with Crippen LogP contribution in [0.25, 0.3) is 0 Å². The zero-order chi connectivity index (χ0) is 14.3. The van der Waals surface area contributed by atoms with E-state index in [4.69, 9.17) is 5.73 Å². The molecule has 0 aliphatic rings. The second-order valence-electron chi connectivity index (χ2n) is 4.06. The van der Waals surface area contributed by atoms with Crippen LogP contribution >= 0.6 is 0 Å². The molecule has 104 valence electrons. The molecule has 0 aliphatic carbocycles. The third-order valence-corrected chi connectivity index (χ3v) is 2.52. The summed E-state index contributed by atoms with van der Waals surface area (Å²) in [7, 11) is 1.29. The largest absolute Gasteiger partial charge is 0.468 e. The smallest absolute Gasteiger partial charge is 0.330 e. The lowest BCUT2D eigenvalue weighted by Crippen LogP contribution is -2.48. The van der Waals surface area contributed by atoms with Gasteiger partial charge in [0.1, 0.15) is 6.54 Å². The lowest BCUT2D eigenvalue weighted by Gasteiger charge is -2.23. The Morgan fingerprint density at radius 2 is 2.16 bits per heavy atom. The standard InChI is InChI=1S/C13H19N3O3/c1-3-5-10-6-4-7-11(8-10)16(15-13(14)18)9-12(17)19-2/h4,6-8H,3,5,9H2,1-2H3,(H3,14,15,18). The van der Waals surface area contributed by atoms with Gasteiger partial charge in [-0.15, -0.1) is 0 Å². The van der Waals surface area contributed by atoms with Crippen molar-refractivity contribution in [2.75, 3.05) is 18.7 Å². The number of aryl methyl sites for hydroxylation is 1. The summed E-state index contributed by atoms with van der Waals surface area (Å²) >= 11 is 0. The maximum absolute atomic E-state index is 11.3. The Bertz CT molecular complexity index is 449. The van der Waals surface area contributed by atoms with Crippen LogP contribution in [-0.4, -0.2) is 25.7 Å². The van der Waals surface area contributed by atoms with E-state index in [1.807, 2.05) is 18.2 Å². The third kappa shape index (κ3) is 4.87. The Balaban J connectivity index is 2.91. The number of hydrazine groups is 1. The lowest BCUT2D eigenvalue weighted by atomic mass is 10.1. The highest BCUT2D eigenvalue weighted by molar-refractivity contribution is 5.79. The highest BCUT2D eigenvalue weighted by Crippen LogP contribution is 2.15. The zero-order valence-corrected chi connectivity index (χ0v) is 11.2. The molecule has 0 heterocycles. The van der Waals surface area contributed by atoms with E-state index in [2.05, 4.69) is 17.1 Å². The summed E-state index contributed by atoms with van der Waals surface area (Å²) in [5, 5.41) is 1.37. The van der Waals surface area contributed by atoms with E-state index in [0.29, 0.717) is 5.69 Å². The number of nitrogens with two attached hydrogens (primary N) is 1. The summed E-state index contributed by atoms with van der Waals surface area (Å²) < 4.78 is 4.59. The molecule has 0 aliphatic heterocycles. The molecular formula is C13H19N3O3. The molecule has 3 N–H and O–H groups in total. The van der Waals surface area contributed by atoms with Gasteiger partial charge in [0.2, 0.25) is 0 Å². The molecule has 0 aromatic heterocycles. The van der Waals surface area contributed by atoms with Crippen LogP contribution in [0.1, 0.15) is 18.9 Å². The Morgan fingerprint density at radius 1 is 1.42 bits per heavy atom. The molecule has 0 bridgehead atoms. The van der Waals surface area contributed by atoms with Crippen molar-refractivity contribution in [1.82, 2.24) is 5.43 Å². The minimum atomic E-state index is -0.732. The molecular weight excluding hydrogens is 246 g/mol. The molecule has 6 heteroatoms. The molecule has 19 heavy (non-hydrogen) atoms. The van der Waals surface area contributed by atoms with Crippen molar-refractivity contribution in [1.29, 1.82) is 0 Å². The molecule has 2 amide bonds. The number of urea groups is 1. The summed E-state index contributed by atoms with van der Waals surface area (Å²) in [5.41, 5.74) is 9.32. The topological polar surface area (TPSA) is 84.7 Å². The highest BCUT2D eigenvalue weighted by atomic mass is 16.5.